The van der Waals surface area contributed by atoms with Crippen LogP contribution in [0.2, 0.25) is 0 Å². The average molecular weight is 205 g/mol. The van der Waals surface area contributed by atoms with Crippen molar-refractivity contribution in [3.8, 4) is 0 Å². The fourth-order valence-electron chi connectivity index (χ4n) is 2.06. The fourth-order valence-corrected chi connectivity index (χ4v) is 2.06. The quantitative estimate of drug-likeness (QED) is 0.574. The van der Waals surface area contributed by atoms with Crippen molar-refractivity contribution >= 4 is 0 Å². The molecule has 1 heterocycles. The lowest BCUT2D eigenvalue weighted by Crippen LogP contribution is -2.46. The number of rotatable bonds is 3. The Labute approximate surface area is 91.2 Å². The van der Waals surface area contributed by atoms with Gasteiger partial charge in [0.1, 0.15) is 0 Å². The third-order valence-electron chi connectivity index (χ3n) is 2.99. The van der Waals surface area contributed by atoms with Gasteiger partial charge < -0.3 is 5.32 Å². The summed E-state index contributed by atoms with van der Waals surface area (Å²) in [5.41, 5.74) is 1.29. The molecule has 82 valence electrons. The highest BCUT2D eigenvalue weighted by atomic mass is 15.4. The SMILES string of the molecule is NN(Cc1ccccc1)C1CCNCC1. The zero-order valence-electron chi connectivity index (χ0n) is 9.02. The molecule has 0 bridgehead atoms. The number of piperidine rings is 1. The third-order valence-corrected chi connectivity index (χ3v) is 2.99. The molecule has 3 heteroatoms. The van der Waals surface area contributed by atoms with Crippen LogP contribution in [0.4, 0.5) is 0 Å². The third kappa shape index (κ3) is 3.02. The summed E-state index contributed by atoms with van der Waals surface area (Å²) in [7, 11) is 0. The van der Waals surface area contributed by atoms with E-state index in [0.717, 1.165) is 32.5 Å². The van der Waals surface area contributed by atoms with Crippen LogP contribution >= 0.6 is 0 Å². The number of nitrogens with one attached hydrogen (secondary N) is 1. The monoisotopic (exact) mass is 205 g/mol. The summed E-state index contributed by atoms with van der Waals surface area (Å²) >= 11 is 0. The first-order valence-electron chi connectivity index (χ1n) is 5.62. The van der Waals surface area contributed by atoms with Crippen LogP contribution in [0.25, 0.3) is 0 Å². The van der Waals surface area contributed by atoms with Gasteiger partial charge in [0.25, 0.3) is 0 Å². The van der Waals surface area contributed by atoms with Crippen LogP contribution in [-0.4, -0.2) is 24.1 Å². The van der Waals surface area contributed by atoms with Gasteiger partial charge in [-0.3, -0.25) is 5.84 Å². The lowest BCUT2D eigenvalue weighted by Gasteiger charge is -2.31. The molecule has 1 aliphatic heterocycles. The molecule has 2 rings (SSSR count). The maximum atomic E-state index is 6.09. The first-order valence-corrected chi connectivity index (χ1v) is 5.62. The number of hydrogen-bond donors (Lipinski definition) is 2. The van der Waals surface area contributed by atoms with E-state index in [0.29, 0.717) is 6.04 Å². The molecule has 0 saturated carbocycles. The number of hydrazine groups is 1. The topological polar surface area (TPSA) is 41.3 Å². The van der Waals surface area contributed by atoms with Crippen LogP contribution < -0.4 is 11.2 Å². The smallest absolute Gasteiger partial charge is 0.0382 e. The summed E-state index contributed by atoms with van der Waals surface area (Å²) < 4.78 is 0. The second-order valence-corrected chi connectivity index (χ2v) is 4.14. The highest BCUT2D eigenvalue weighted by Gasteiger charge is 2.17. The van der Waals surface area contributed by atoms with Crippen LogP contribution in [-0.2, 0) is 6.54 Å². The minimum atomic E-state index is 0.534. The van der Waals surface area contributed by atoms with Crippen LogP contribution in [0.3, 0.4) is 0 Å². The zero-order chi connectivity index (χ0) is 10.5. The Kier molecular flexibility index (Phi) is 3.72. The van der Waals surface area contributed by atoms with Crippen LogP contribution in [0.1, 0.15) is 18.4 Å². The van der Waals surface area contributed by atoms with E-state index in [2.05, 4.69) is 29.6 Å². The summed E-state index contributed by atoms with van der Waals surface area (Å²) in [5.74, 6) is 6.09. The first-order chi connectivity index (χ1) is 7.36. The Balaban J connectivity index is 1.88. The molecule has 0 aliphatic carbocycles. The van der Waals surface area contributed by atoms with Crippen LogP contribution in [0, 0.1) is 0 Å². The Bertz CT molecular complexity index is 280. The molecular weight excluding hydrogens is 186 g/mol. The molecule has 0 atom stereocenters. The maximum Gasteiger partial charge on any atom is 0.0382 e. The van der Waals surface area contributed by atoms with Crippen molar-refractivity contribution in [3.05, 3.63) is 35.9 Å². The van der Waals surface area contributed by atoms with Gasteiger partial charge in [-0.25, -0.2) is 5.01 Å². The van der Waals surface area contributed by atoms with E-state index in [4.69, 9.17) is 5.84 Å². The predicted molar refractivity (Wildman–Crippen MR) is 62.1 cm³/mol. The molecule has 0 aromatic heterocycles. The Hall–Kier alpha value is -0.900. The second-order valence-electron chi connectivity index (χ2n) is 4.14. The molecule has 1 fully saturated rings. The van der Waals surface area contributed by atoms with Crippen molar-refractivity contribution in [2.24, 2.45) is 5.84 Å². The van der Waals surface area contributed by atoms with Crippen molar-refractivity contribution in [1.82, 2.24) is 10.3 Å². The lowest BCUT2D eigenvalue weighted by molar-refractivity contribution is 0.156. The summed E-state index contributed by atoms with van der Waals surface area (Å²) in [5, 5.41) is 5.33. The predicted octanol–water partition coefficient (Wildman–Crippen LogP) is 1.11. The molecular formula is C12H19N3. The molecule has 3 nitrogen and oxygen atoms in total. The zero-order valence-corrected chi connectivity index (χ0v) is 9.02. The molecule has 1 aliphatic rings. The maximum absolute atomic E-state index is 6.09. The van der Waals surface area contributed by atoms with Gasteiger partial charge in [-0.1, -0.05) is 30.3 Å². The standard InChI is InChI=1S/C12H19N3/c13-15(12-6-8-14-9-7-12)10-11-4-2-1-3-5-11/h1-5,12,14H,6-10,13H2. The van der Waals surface area contributed by atoms with E-state index in [1.807, 2.05) is 11.1 Å². The Morgan fingerprint density at radius 1 is 1.20 bits per heavy atom. The largest absolute Gasteiger partial charge is 0.317 e. The number of nitrogens with two attached hydrogens (primary N) is 1. The fraction of sp³-hybridized carbons (Fsp3) is 0.500. The van der Waals surface area contributed by atoms with Gasteiger partial charge in [0.05, 0.1) is 0 Å². The van der Waals surface area contributed by atoms with E-state index in [1.165, 1.54) is 5.56 Å². The molecule has 0 amide bonds. The van der Waals surface area contributed by atoms with Crippen molar-refractivity contribution in [2.45, 2.75) is 25.4 Å². The van der Waals surface area contributed by atoms with Crippen molar-refractivity contribution in [1.29, 1.82) is 0 Å². The number of hydrogen-bond acceptors (Lipinski definition) is 3. The van der Waals surface area contributed by atoms with E-state index >= 15 is 0 Å². The van der Waals surface area contributed by atoms with E-state index < -0.39 is 0 Å². The molecule has 0 spiro atoms. The van der Waals surface area contributed by atoms with Gasteiger partial charge in [-0.2, -0.15) is 0 Å². The lowest BCUT2D eigenvalue weighted by atomic mass is 10.1. The van der Waals surface area contributed by atoms with Crippen LogP contribution in [0.15, 0.2) is 30.3 Å². The van der Waals surface area contributed by atoms with Gasteiger partial charge in [-0.05, 0) is 31.5 Å². The highest BCUT2D eigenvalue weighted by Crippen LogP contribution is 2.11. The van der Waals surface area contributed by atoms with E-state index in [9.17, 15) is 0 Å². The van der Waals surface area contributed by atoms with Gasteiger partial charge in [0, 0.05) is 12.6 Å². The number of benzene rings is 1. The second kappa shape index (κ2) is 5.26. The molecule has 3 N–H and O–H groups in total. The van der Waals surface area contributed by atoms with Gasteiger partial charge >= 0.3 is 0 Å². The molecule has 1 aromatic rings. The number of nitrogens with zero attached hydrogens (tertiary/aromatic N) is 1. The first kappa shape index (κ1) is 10.6. The summed E-state index contributed by atoms with van der Waals surface area (Å²) in [4.78, 5) is 0. The highest BCUT2D eigenvalue weighted by molar-refractivity contribution is 5.14. The Morgan fingerprint density at radius 3 is 2.53 bits per heavy atom. The molecule has 15 heavy (non-hydrogen) atoms. The van der Waals surface area contributed by atoms with Crippen molar-refractivity contribution in [3.63, 3.8) is 0 Å². The molecule has 1 saturated heterocycles. The average Bonchev–Trinajstić information content (AvgIpc) is 2.31. The minimum Gasteiger partial charge on any atom is -0.317 e. The minimum absolute atomic E-state index is 0.534. The molecule has 0 radical (unpaired) electrons. The van der Waals surface area contributed by atoms with Gasteiger partial charge in [0.15, 0.2) is 0 Å². The molecule has 0 unspecified atom stereocenters. The van der Waals surface area contributed by atoms with E-state index in [-0.39, 0.29) is 0 Å². The molecule has 1 aromatic carbocycles. The van der Waals surface area contributed by atoms with Crippen LogP contribution in [0.5, 0.6) is 0 Å². The summed E-state index contributed by atoms with van der Waals surface area (Å²) in [6, 6.07) is 10.9. The van der Waals surface area contributed by atoms with E-state index in [1.54, 1.807) is 0 Å². The normalized spacial score (nSPS) is 18.3. The Morgan fingerprint density at radius 2 is 1.87 bits per heavy atom. The van der Waals surface area contributed by atoms with Gasteiger partial charge in [0.2, 0.25) is 0 Å². The summed E-state index contributed by atoms with van der Waals surface area (Å²) in [6.07, 6.45) is 2.31. The van der Waals surface area contributed by atoms with Gasteiger partial charge in [-0.15, -0.1) is 0 Å². The summed E-state index contributed by atoms with van der Waals surface area (Å²) in [6.45, 7) is 3.03. The van der Waals surface area contributed by atoms with Crippen molar-refractivity contribution < 1.29 is 0 Å². The van der Waals surface area contributed by atoms with Crippen molar-refractivity contribution in [2.75, 3.05) is 13.1 Å².